The number of ether oxygens (including phenoxy) is 1. The maximum Gasteiger partial charge on any atom is 0.125 e. The minimum Gasteiger partial charge on any atom is -0.496 e. The lowest BCUT2D eigenvalue weighted by molar-refractivity contribution is -0.0972. The Labute approximate surface area is 121 Å². The summed E-state index contributed by atoms with van der Waals surface area (Å²) in [5, 5.41) is 11.3. The molecule has 1 aromatic rings. The van der Waals surface area contributed by atoms with Crippen molar-refractivity contribution in [2.45, 2.75) is 52.1 Å². The Hall–Kier alpha value is -1.09. The van der Waals surface area contributed by atoms with E-state index < -0.39 is 5.60 Å². The smallest absolute Gasteiger partial charge is 0.125 e. The molecule has 1 aromatic carbocycles. The average molecular weight is 280 g/mol. The van der Waals surface area contributed by atoms with E-state index >= 15 is 0 Å². The van der Waals surface area contributed by atoms with E-state index in [1.165, 1.54) is 12.1 Å². The summed E-state index contributed by atoms with van der Waals surface area (Å²) >= 11 is 0. The third-order valence-corrected chi connectivity index (χ3v) is 4.55. The van der Waals surface area contributed by atoms with Crippen LogP contribution in [0.25, 0.3) is 0 Å². The van der Waals surface area contributed by atoms with Crippen LogP contribution in [0.15, 0.2) is 18.2 Å². The van der Waals surface area contributed by atoms with Gasteiger partial charge in [-0.05, 0) is 42.4 Å². The first-order valence-electron chi connectivity index (χ1n) is 7.35. The van der Waals surface area contributed by atoms with Gasteiger partial charge in [-0.1, -0.05) is 33.6 Å². The van der Waals surface area contributed by atoms with Gasteiger partial charge in [0.05, 0.1) is 12.7 Å². The first-order valence-corrected chi connectivity index (χ1v) is 7.35. The predicted octanol–water partition coefficient (Wildman–Crippen LogP) is 4.26. The molecule has 1 saturated carbocycles. The molecule has 2 nitrogen and oxygen atoms in total. The van der Waals surface area contributed by atoms with Gasteiger partial charge in [0, 0.05) is 5.56 Å². The molecule has 20 heavy (non-hydrogen) atoms. The molecule has 2 rings (SSSR count). The van der Waals surface area contributed by atoms with Crippen molar-refractivity contribution in [1.29, 1.82) is 0 Å². The van der Waals surface area contributed by atoms with Crippen LogP contribution < -0.4 is 4.74 Å². The molecular formula is C17H25FO2. The number of hydrogen-bond acceptors (Lipinski definition) is 2. The molecule has 2 unspecified atom stereocenters. The molecule has 0 aromatic heterocycles. The Bertz CT molecular complexity index is 478. The number of methoxy groups -OCH3 is 1. The fourth-order valence-electron chi connectivity index (χ4n) is 3.65. The van der Waals surface area contributed by atoms with Crippen LogP contribution >= 0.6 is 0 Å². The molecule has 1 fully saturated rings. The highest BCUT2D eigenvalue weighted by Gasteiger charge is 2.47. The summed E-state index contributed by atoms with van der Waals surface area (Å²) in [4.78, 5) is 0. The minimum absolute atomic E-state index is 0.0352. The first-order chi connectivity index (χ1) is 9.29. The van der Waals surface area contributed by atoms with Crippen LogP contribution in [0.1, 0.15) is 52.0 Å². The second kappa shape index (κ2) is 5.36. The standard InChI is InChI=1S/C17H25FO2/c1-16(2,3)15-7-5-6-10-17(15,19)13-11-12(18)8-9-14(13)20-4/h8-9,11,15,19H,5-7,10H2,1-4H3. The first kappa shape index (κ1) is 15.3. The van der Waals surface area contributed by atoms with Crippen LogP contribution in [0, 0.1) is 17.2 Å². The molecule has 3 heteroatoms. The minimum atomic E-state index is -1.01. The molecule has 2 atom stereocenters. The highest BCUT2D eigenvalue weighted by Crippen LogP contribution is 2.51. The molecular weight excluding hydrogens is 255 g/mol. The van der Waals surface area contributed by atoms with E-state index in [0.717, 1.165) is 19.3 Å². The van der Waals surface area contributed by atoms with Crippen LogP contribution in [0.4, 0.5) is 4.39 Å². The van der Waals surface area contributed by atoms with Crippen LogP contribution in [0.2, 0.25) is 0 Å². The van der Waals surface area contributed by atoms with Crippen molar-refractivity contribution in [3.63, 3.8) is 0 Å². The molecule has 0 aliphatic heterocycles. The van der Waals surface area contributed by atoms with Crippen molar-refractivity contribution in [1.82, 2.24) is 0 Å². The van der Waals surface area contributed by atoms with Crippen LogP contribution in [-0.2, 0) is 5.60 Å². The molecule has 0 bridgehead atoms. The molecule has 112 valence electrons. The summed E-state index contributed by atoms with van der Waals surface area (Å²) in [5.74, 6) is 0.344. The van der Waals surface area contributed by atoms with E-state index in [0.29, 0.717) is 17.7 Å². The van der Waals surface area contributed by atoms with E-state index in [4.69, 9.17) is 4.74 Å². The van der Waals surface area contributed by atoms with Crippen molar-refractivity contribution < 1.29 is 14.2 Å². The number of hydrogen-bond donors (Lipinski definition) is 1. The predicted molar refractivity (Wildman–Crippen MR) is 78.3 cm³/mol. The van der Waals surface area contributed by atoms with Gasteiger partial charge in [-0.25, -0.2) is 4.39 Å². The van der Waals surface area contributed by atoms with Crippen molar-refractivity contribution in [3.8, 4) is 5.75 Å². The van der Waals surface area contributed by atoms with Gasteiger partial charge in [0.15, 0.2) is 0 Å². The summed E-state index contributed by atoms with van der Waals surface area (Å²) in [6.07, 6.45) is 3.69. The molecule has 0 radical (unpaired) electrons. The quantitative estimate of drug-likeness (QED) is 0.877. The molecule has 0 amide bonds. The van der Waals surface area contributed by atoms with E-state index in [1.54, 1.807) is 13.2 Å². The summed E-state index contributed by atoms with van der Waals surface area (Å²) < 4.78 is 19.0. The molecule has 1 aliphatic carbocycles. The Morgan fingerprint density at radius 1 is 1.30 bits per heavy atom. The van der Waals surface area contributed by atoms with E-state index in [1.807, 2.05) is 0 Å². The highest BCUT2D eigenvalue weighted by molar-refractivity contribution is 5.39. The lowest BCUT2D eigenvalue weighted by Crippen LogP contribution is -2.44. The maximum atomic E-state index is 13.7. The van der Waals surface area contributed by atoms with Crippen LogP contribution in [-0.4, -0.2) is 12.2 Å². The zero-order valence-electron chi connectivity index (χ0n) is 12.9. The summed E-state index contributed by atoms with van der Waals surface area (Å²) in [7, 11) is 1.56. The zero-order chi connectivity index (χ0) is 15.0. The van der Waals surface area contributed by atoms with Crippen LogP contribution in [0.5, 0.6) is 5.75 Å². The number of benzene rings is 1. The monoisotopic (exact) mass is 280 g/mol. The zero-order valence-corrected chi connectivity index (χ0v) is 12.9. The van der Waals surface area contributed by atoms with Gasteiger partial charge in [-0.3, -0.25) is 0 Å². The Morgan fingerprint density at radius 2 is 2.00 bits per heavy atom. The third-order valence-electron chi connectivity index (χ3n) is 4.55. The Balaban J connectivity index is 2.53. The van der Waals surface area contributed by atoms with Crippen molar-refractivity contribution >= 4 is 0 Å². The Kier molecular flexibility index (Phi) is 4.10. The molecule has 0 spiro atoms. The van der Waals surface area contributed by atoms with Crippen LogP contribution in [0.3, 0.4) is 0 Å². The van der Waals surface area contributed by atoms with Gasteiger partial charge in [0.1, 0.15) is 11.6 Å². The maximum absolute atomic E-state index is 13.7. The van der Waals surface area contributed by atoms with Crippen molar-refractivity contribution in [3.05, 3.63) is 29.6 Å². The van der Waals surface area contributed by atoms with Gasteiger partial charge in [-0.15, -0.1) is 0 Å². The highest BCUT2D eigenvalue weighted by atomic mass is 19.1. The van der Waals surface area contributed by atoms with E-state index in [9.17, 15) is 9.50 Å². The summed E-state index contributed by atoms with van der Waals surface area (Å²) in [5.41, 5.74) is -0.448. The number of aliphatic hydroxyl groups is 1. The van der Waals surface area contributed by atoms with Gasteiger partial charge < -0.3 is 9.84 Å². The SMILES string of the molecule is COc1ccc(F)cc1C1(O)CCCCC1C(C)(C)C. The fraction of sp³-hybridized carbons (Fsp3) is 0.647. The molecule has 0 heterocycles. The van der Waals surface area contributed by atoms with Gasteiger partial charge in [0.25, 0.3) is 0 Å². The Morgan fingerprint density at radius 3 is 2.60 bits per heavy atom. The lowest BCUT2D eigenvalue weighted by atomic mass is 9.61. The topological polar surface area (TPSA) is 29.5 Å². The normalized spacial score (nSPS) is 27.4. The number of halogens is 1. The van der Waals surface area contributed by atoms with E-state index in [2.05, 4.69) is 20.8 Å². The molecule has 0 saturated heterocycles. The van der Waals surface area contributed by atoms with Gasteiger partial charge in [0.2, 0.25) is 0 Å². The molecule has 1 aliphatic rings. The summed E-state index contributed by atoms with van der Waals surface area (Å²) in [6.45, 7) is 6.42. The second-order valence-electron chi connectivity index (χ2n) is 6.93. The van der Waals surface area contributed by atoms with Gasteiger partial charge >= 0.3 is 0 Å². The second-order valence-corrected chi connectivity index (χ2v) is 6.93. The fourth-order valence-corrected chi connectivity index (χ4v) is 3.65. The van der Waals surface area contributed by atoms with Crippen molar-refractivity contribution in [2.75, 3.05) is 7.11 Å². The average Bonchev–Trinajstić information content (AvgIpc) is 2.38. The number of rotatable bonds is 2. The third kappa shape index (κ3) is 2.69. The van der Waals surface area contributed by atoms with E-state index in [-0.39, 0.29) is 17.2 Å². The molecule has 1 N–H and O–H groups in total. The van der Waals surface area contributed by atoms with Crippen molar-refractivity contribution in [2.24, 2.45) is 11.3 Å². The van der Waals surface area contributed by atoms with Gasteiger partial charge in [-0.2, -0.15) is 0 Å². The summed E-state index contributed by atoms with van der Waals surface area (Å²) in [6, 6.07) is 4.42. The lowest BCUT2D eigenvalue weighted by Gasteiger charge is -2.47. The largest absolute Gasteiger partial charge is 0.496 e.